The lowest BCUT2D eigenvalue weighted by Crippen LogP contribution is -2.50. The summed E-state index contributed by atoms with van der Waals surface area (Å²) in [6, 6.07) is 16.4. The third-order valence-electron chi connectivity index (χ3n) is 5.84. The maximum Gasteiger partial charge on any atom is 0.270 e. The van der Waals surface area contributed by atoms with Crippen molar-refractivity contribution in [3.05, 3.63) is 87.7 Å². The molecule has 1 amide bonds. The van der Waals surface area contributed by atoms with Crippen LogP contribution in [0.15, 0.2) is 65.6 Å². The summed E-state index contributed by atoms with van der Waals surface area (Å²) in [4.78, 5) is 24.8. The summed E-state index contributed by atoms with van der Waals surface area (Å²) in [5, 5.41) is 11.0. The predicted octanol–water partition coefficient (Wildman–Crippen LogP) is 3.15. The molecule has 1 saturated heterocycles. The minimum Gasteiger partial charge on any atom is -0.336 e. The molecule has 0 radical (unpaired) electrons. The number of amides is 1. The number of carbonyl (C=O) groups excluding carboxylic acids is 1. The number of aryl methyl sites for hydroxylation is 2. The van der Waals surface area contributed by atoms with Crippen molar-refractivity contribution in [3.63, 3.8) is 0 Å². The number of nitrogens with zero attached hydrogens (tertiary/aromatic N) is 4. The van der Waals surface area contributed by atoms with Gasteiger partial charge in [0.2, 0.25) is 10.0 Å². The third kappa shape index (κ3) is 4.39. The second kappa shape index (κ2) is 8.80. The topological polar surface area (TPSA) is 106 Å². The highest BCUT2D eigenvalue weighted by molar-refractivity contribution is 7.89. The number of nitro benzene ring substituents is 1. The number of nitro groups is 1. The van der Waals surface area contributed by atoms with Gasteiger partial charge in [-0.25, -0.2) is 8.42 Å². The SMILES string of the molecule is Cc1ccc(C)n1-c1ccc(C(=O)N2CCN(S(=O)(=O)c3cccc([N+](=O)[O-])c3)CC2)cc1. The summed E-state index contributed by atoms with van der Waals surface area (Å²) in [5.41, 5.74) is 3.44. The molecule has 172 valence electrons. The zero-order valence-electron chi connectivity index (χ0n) is 18.3. The molecule has 1 aliphatic heterocycles. The molecule has 3 aromatic rings. The van der Waals surface area contributed by atoms with Crippen LogP contribution >= 0.6 is 0 Å². The Hall–Kier alpha value is -3.50. The van der Waals surface area contributed by atoms with Crippen LogP contribution in [0.1, 0.15) is 21.7 Å². The fourth-order valence-electron chi connectivity index (χ4n) is 4.05. The first-order valence-corrected chi connectivity index (χ1v) is 11.9. The molecule has 9 nitrogen and oxygen atoms in total. The highest BCUT2D eigenvalue weighted by Gasteiger charge is 2.31. The molecule has 0 saturated carbocycles. The third-order valence-corrected chi connectivity index (χ3v) is 7.73. The molecule has 0 unspecified atom stereocenters. The summed E-state index contributed by atoms with van der Waals surface area (Å²) in [6.45, 7) is 4.77. The van der Waals surface area contributed by atoms with Gasteiger partial charge in [0, 0.05) is 61.0 Å². The van der Waals surface area contributed by atoms with E-state index in [1.165, 1.54) is 22.5 Å². The van der Waals surface area contributed by atoms with E-state index in [0.717, 1.165) is 23.1 Å². The zero-order chi connectivity index (χ0) is 23.8. The van der Waals surface area contributed by atoms with E-state index in [0.29, 0.717) is 5.56 Å². The van der Waals surface area contributed by atoms with Crippen molar-refractivity contribution in [2.24, 2.45) is 0 Å². The van der Waals surface area contributed by atoms with Crippen LogP contribution in [0.25, 0.3) is 5.69 Å². The quantitative estimate of drug-likeness (QED) is 0.422. The van der Waals surface area contributed by atoms with Crippen LogP contribution in [0.4, 0.5) is 5.69 Å². The van der Waals surface area contributed by atoms with Crippen molar-refractivity contribution >= 4 is 21.6 Å². The van der Waals surface area contributed by atoms with Gasteiger partial charge in [-0.1, -0.05) is 6.07 Å². The minimum atomic E-state index is -3.88. The average Bonchev–Trinajstić information content (AvgIpc) is 3.16. The second-order valence-corrected chi connectivity index (χ2v) is 9.89. The fraction of sp³-hybridized carbons (Fsp3) is 0.261. The molecule has 1 aromatic heterocycles. The average molecular weight is 469 g/mol. The molecule has 10 heteroatoms. The molecular formula is C23H24N4O5S. The summed E-state index contributed by atoms with van der Waals surface area (Å²) < 4.78 is 29.2. The standard InChI is InChI=1S/C23H24N4O5S/c1-17-6-7-18(2)26(17)20-10-8-19(9-11-20)23(28)24-12-14-25(15-13-24)33(31,32)22-5-3-4-21(16-22)27(29)30/h3-11,16H,12-15H2,1-2H3. The molecule has 0 atom stereocenters. The van der Waals surface area contributed by atoms with Crippen LogP contribution in [0.2, 0.25) is 0 Å². The molecule has 33 heavy (non-hydrogen) atoms. The Morgan fingerprint density at radius 1 is 0.909 bits per heavy atom. The first kappa shape index (κ1) is 22.7. The number of non-ortho nitro benzene ring substituents is 1. The monoisotopic (exact) mass is 468 g/mol. The van der Waals surface area contributed by atoms with E-state index in [1.54, 1.807) is 17.0 Å². The normalized spacial score (nSPS) is 14.9. The molecule has 2 heterocycles. The Balaban J connectivity index is 1.44. The molecule has 0 aliphatic carbocycles. The van der Waals surface area contributed by atoms with Crippen molar-refractivity contribution in [2.45, 2.75) is 18.7 Å². The predicted molar refractivity (Wildman–Crippen MR) is 123 cm³/mol. The Morgan fingerprint density at radius 2 is 1.52 bits per heavy atom. The van der Waals surface area contributed by atoms with E-state index < -0.39 is 14.9 Å². The van der Waals surface area contributed by atoms with E-state index >= 15 is 0 Å². The lowest BCUT2D eigenvalue weighted by molar-refractivity contribution is -0.385. The maximum atomic E-state index is 13.0. The van der Waals surface area contributed by atoms with Crippen LogP contribution in [0, 0.1) is 24.0 Å². The Bertz CT molecular complexity index is 1290. The molecule has 0 bridgehead atoms. The van der Waals surface area contributed by atoms with Crippen molar-refractivity contribution in [1.82, 2.24) is 13.8 Å². The van der Waals surface area contributed by atoms with Crippen LogP contribution in [0.3, 0.4) is 0 Å². The molecule has 0 spiro atoms. The van der Waals surface area contributed by atoms with Crippen molar-refractivity contribution in [1.29, 1.82) is 0 Å². The Kier molecular flexibility index (Phi) is 6.05. The van der Waals surface area contributed by atoms with Crippen LogP contribution in [-0.2, 0) is 10.0 Å². The summed E-state index contributed by atoms with van der Waals surface area (Å²) in [5.74, 6) is -0.158. The van der Waals surface area contributed by atoms with Gasteiger partial charge in [-0.2, -0.15) is 4.31 Å². The first-order valence-electron chi connectivity index (χ1n) is 10.5. The number of hydrogen-bond donors (Lipinski definition) is 0. The number of benzene rings is 2. The maximum absolute atomic E-state index is 13.0. The number of sulfonamides is 1. The van der Waals surface area contributed by atoms with E-state index in [2.05, 4.69) is 4.57 Å². The second-order valence-electron chi connectivity index (χ2n) is 7.95. The van der Waals surface area contributed by atoms with Gasteiger partial charge >= 0.3 is 0 Å². The van der Waals surface area contributed by atoms with Crippen molar-refractivity contribution < 1.29 is 18.1 Å². The Morgan fingerprint density at radius 3 is 2.09 bits per heavy atom. The lowest BCUT2D eigenvalue weighted by Gasteiger charge is -2.34. The number of piperazine rings is 1. The summed E-state index contributed by atoms with van der Waals surface area (Å²) in [6.07, 6.45) is 0. The number of hydrogen-bond acceptors (Lipinski definition) is 5. The summed E-state index contributed by atoms with van der Waals surface area (Å²) in [7, 11) is -3.88. The van der Waals surface area contributed by atoms with Gasteiger partial charge in [-0.05, 0) is 56.3 Å². The number of rotatable bonds is 5. The molecule has 1 aliphatic rings. The smallest absolute Gasteiger partial charge is 0.270 e. The molecule has 0 N–H and O–H groups in total. The summed E-state index contributed by atoms with van der Waals surface area (Å²) >= 11 is 0. The van der Waals surface area contributed by atoms with Gasteiger partial charge < -0.3 is 9.47 Å². The van der Waals surface area contributed by atoms with E-state index in [4.69, 9.17) is 0 Å². The van der Waals surface area contributed by atoms with Gasteiger partial charge in [0.05, 0.1) is 9.82 Å². The number of carbonyl (C=O) groups is 1. The largest absolute Gasteiger partial charge is 0.336 e. The van der Waals surface area contributed by atoms with Gasteiger partial charge in [0.15, 0.2) is 0 Å². The van der Waals surface area contributed by atoms with Crippen LogP contribution in [0.5, 0.6) is 0 Å². The van der Waals surface area contributed by atoms with Gasteiger partial charge in [0.1, 0.15) is 0 Å². The van der Waals surface area contributed by atoms with Gasteiger partial charge in [-0.15, -0.1) is 0 Å². The van der Waals surface area contributed by atoms with Gasteiger partial charge in [-0.3, -0.25) is 14.9 Å². The lowest BCUT2D eigenvalue weighted by atomic mass is 10.1. The first-order chi connectivity index (χ1) is 15.7. The molecular weight excluding hydrogens is 444 g/mol. The highest BCUT2D eigenvalue weighted by atomic mass is 32.2. The minimum absolute atomic E-state index is 0.122. The molecule has 2 aromatic carbocycles. The van der Waals surface area contributed by atoms with Crippen LogP contribution < -0.4 is 0 Å². The Labute approximate surface area is 192 Å². The molecule has 4 rings (SSSR count). The fourth-order valence-corrected chi connectivity index (χ4v) is 5.51. The van der Waals surface area contributed by atoms with E-state index in [9.17, 15) is 23.3 Å². The van der Waals surface area contributed by atoms with E-state index in [-0.39, 0.29) is 42.7 Å². The van der Waals surface area contributed by atoms with Crippen LogP contribution in [-0.4, -0.2) is 59.2 Å². The van der Waals surface area contributed by atoms with Gasteiger partial charge in [0.25, 0.3) is 11.6 Å². The molecule has 1 fully saturated rings. The van der Waals surface area contributed by atoms with E-state index in [1.807, 2.05) is 38.1 Å². The van der Waals surface area contributed by atoms with Crippen molar-refractivity contribution in [3.8, 4) is 5.69 Å². The van der Waals surface area contributed by atoms with Crippen molar-refractivity contribution in [2.75, 3.05) is 26.2 Å². The number of aromatic nitrogens is 1. The highest BCUT2D eigenvalue weighted by Crippen LogP contribution is 2.23. The zero-order valence-corrected chi connectivity index (χ0v) is 19.2.